The van der Waals surface area contributed by atoms with E-state index >= 15 is 0 Å². The van der Waals surface area contributed by atoms with Crippen molar-refractivity contribution in [2.24, 2.45) is 0 Å². The Kier molecular flexibility index (Phi) is 36.0. The van der Waals surface area contributed by atoms with E-state index in [1.165, 1.54) is 51.4 Å². The quantitative estimate of drug-likeness (QED) is 0.0161. The second kappa shape index (κ2) is 37.7. The number of aliphatic hydroxyl groups excluding tert-OH is 1. The zero-order chi connectivity index (χ0) is 42.3. The lowest BCUT2D eigenvalue weighted by molar-refractivity contribution is -0.870. The lowest BCUT2D eigenvalue weighted by atomic mass is 10.1. The van der Waals surface area contributed by atoms with Gasteiger partial charge in [0.05, 0.1) is 33.9 Å². The minimum Gasteiger partial charge on any atom is -0.756 e. The van der Waals surface area contributed by atoms with Gasteiger partial charge in [-0.2, -0.15) is 0 Å². The van der Waals surface area contributed by atoms with E-state index in [0.717, 1.165) is 44.9 Å². The molecule has 10 nitrogen and oxygen atoms in total. The lowest BCUT2D eigenvalue weighted by Gasteiger charge is -2.28. The molecule has 11 heteroatoms. The molecule has 0 aliphatic carbocycles. The highest BCUT2D eigenvalue weighted by atomic mass is 31.2. The summed E-state index contributed by atoms with van der Waals surface area (Å²) in [4.78, 5) is 37.5. The van der Waals surface area contributed by atoms with Crippen molar-refractivity contribution < 1.29 is 47.2 Å². The zero-order valence-electron chi connectivity index (χ0n) is 36.4. The minimum absolute atomic E-state index is 0.0539. The Labute approximate surface area is 347 Å². The number of hydrogen-bond donors (Lipinski definition) is 1. The van der Waals surface area contributed by atoms with Crippen molar-refractivity contribution in [3.63, 3.8) is 0 Å². The Bertz CT molecular complexity index is 1220. The average molecular weight is 822 g/mol. The number of likely N-dealkylation sites (N-methyl/N-ethyl adjacent to an activating group) is 1. The predicted octanol–water partition coefficient (Wildman–Crippen LogP) is 10.6. The van der Waals surface area contributed by atoms with Gasteiger partial charge in [0.25, 0.3) is 7.82 Å². The highest BCUT2D eigenvalue weighted by Crippen LogP contribution is 2.38. The summed E-state index contributed by atoms with van der Waals surface area (Å²) >= 11 is 0. The summed E-state index contributed by atoms with van der Waals surface area (Å²) in [5.41, 5.74) is 0. The summed E-state index contributed by atoms with van der Waals surface area (Å²) in [6.45, 7) is 3.92. The second-order valence-electron chi connectivity index (χ2n) is 15.5. The van der Waals surface area contributed by atoms with Crippen LogP contribution in [0.2, 0.25) is 0 Å². The Balaban J connectivity index is 4.54. The molecular formula is C46H80NO9P. The van der Waals surface area contributed by atoms with Crippen LogP contribution in [0.15, 0.2) is 72.9 Å². The molecule has 0 aliphatic heterocycles. The average Bonchev–Trinajstić information content (AvgIpc) is 3.15. The van der Waals surface area contributed by atoms with E-state index < -0.39 is 38.6 Å². The molecule has 328 valence electrons. The van der Waals surface area contributed by atoms with Gasteiger partial charge in [0.1, 0.15) is 19.8 Å². The fourth-order valence-electron chi connectivity index (χ4n) is 5.36. The first-order valence-electron chi connectivity index (χ1n) is 21.8. The monoisotopic (exact) mass is 822 g/mol. The van der Waals surface area contributed by atoms with E-state index in [0.29, 0.717) is 36.7 Å². The molecule has 0 heterocycles. The third kappa shape index (κ3) is 41.4. The predicted molar refractivity (Wildman–Crippen MR) is 232 cm³/mol. The number of quaternary nitrogens is 1. The van der Waals surface area contributed by atoms with Gasteiger partial charge in [-0.3, -0.25) is 14.2 Å². The third-order valence-electron chi connectivity index (χ3n) is 8.79. The Hall–Kier alpha value is -2.59. The van der Waals surface area contributed by atoms with Crippen molar-refractivity contribution in [1.29, 1.82) is 0 Å². The number of carbonyl (C=O) groups is 2. The van der Waals surface area contributed by atoms with Crippen LogP contribution < -0.4 is 4.89 Å². The van der Waals surface area contributed by atoms with E-state index in [1.54, 1.807) is 6.08 Å². The van der Waals surface area contributed by atoms with Crippen LogP contribution in [0, 0.1) is 0 Å². The number of nitrogens with zero attached hydrogens (tertiary/aromatic N) is 1. The number of carbonyl (C=O) groups excluding carboxylic acids is 2. The molecular weight excluding hydrogens is 741 g/mol. The number of rotatable bonds is 38. The standard InChI is InChI=1S/C46H80NO9P/c1-6-8-10-12-14-15-16-17-18-19-20-21-26-30-34-38-46(50)56-44(42-55-57(51,52)54-40-39-47(3,4)5)41-53-45(49)37-33-29-25-23-22-24-28-32-36-43(48)35-31-27-13-11-9-7-2/h9,11,15-16,23-25,27-28,31-32,36,43-44,48H,6-8,10,12-14,17-22,26,29-30,33-35,37-42H2,1-5H3/b11-9-,16-15-,25-23-,28-24-,31-27-,36-32+/t43?,44-/m1/s1. The van der Waals surface area contributed by atoms with Crippen LogP contribution in [0.25, 0.3) is 0 Å². The van der Waals surface area contributed by atoms with E-state index in [1.807, 2.05) is 57.6 Å². The Morgan fingerprint density at radius 2 is 1.25 bits per heavy atom. The van der Waals surface area contributed by atoms with Gasteiger partial charge < -0.3 is 33.0 Å². The number of phosphoric ester groups is 1. The maximum atomic E-state index is 12.7. The van der Waals surface area contributed by atoms with Gasteiger partial charge in [0.15, 0.2) is 6.10 Å². The van der Waals surface area contributed by atoms with Crippen LogP contribution in [0.5, 0.6) is 0 Å². The number of hydrogen-bond acceptors (Lipinski definition) is 9. The summed E-state index contributed by atoms with van der Waals surface area (Å²) < 4.78 is 33.8. The van der Waals surface area contributed by atoms with Crippen LogP contribution >= 0.6 is 7.82 Å². The Morgan fingerprint density at radius 3 is 1.93 bits per heavy atom. The van der Waals surface area contributed by atoms with Crippen molar-refractivity contribution in [3.8, 4) is 0 Å². The van der Waals surface area contributed by atoms with Gasteiger partial charge in [0.2, 0.25) is 0 Å². The molecule has 0 aromatic carbocycles. The van der Waals surface area contributed by atoms with Gasteiger partial charge in [-0.15, -0.1) is 0 Å². The van der Waals surface area contributed by atoms with Crippen LogP contribution in [0.1, 0.15) is 149 Å². The third-order valence-corrected chi connectivity index (χ3v) is 9.75. The van der Waals surface area contributed by atoms with Crippen molar-refractivity contribution >= 4 is 19.8 Å². The van der Waals surface area contributed by atoms with Crippen LogP contribution in [-0.2, 0) is 32.7 Å². The lowest BCUT2D eigenvalue weighted by Crippen LogP contribution is -2.37. The first kappa shape index (κ1) is 54.4. The van der Waals surface area contributed by atoms with Crippen LogP contribution in [0.3, 0.4) is 0 Å². The van der Waals surface area contributed by atoms with Crippen LogP contribution in [0.4, 0.5) is 0 Å². The molecule has 0 saturated carbocycles. The smallest absolute Gasteiger partial charge is 0.306 e. The largest absolute Gasteiger partial charge is 0.756 e. The van der Waals surface area contributed by atoms with E-state index in [-0.39, 0.29) is 26.1 Å². The molecule has 0 aromatic rings. The SMILES string of the molecule is CC/C=C\C/C=C\CC(O)/C=C/C=C\C/C=C\CCCC(=O)OC[C@H](COP(=O)([O-])OCC[N+](C)(C)C)OC(=O)CCCCCCCCC/C=C\CCCCCC. The molecule has 0 amide bonds. The van der Waals surface area contributed by atoms with E-state index in [9.17, 15) is 24.2 Å². The number of aliphatic hydroxyl groups is 1. The first-order valence-corrected chi connectivity index (χ1v) is 23.2. The second-order valence-corrected chi connectivity index (χ2v) is 16.9. The highest BCUT2D eigenvalue weighted by Gasteiger charge is 2.21. The van der Waals surface area contributed by atoms with Crippen molar-refractivity contribution in [3.05, 3.63) is 72.9 Å². The van der Waals surface area contributed by atoms with Gasteiger partial charge in [-0.25, -0.2) is 0 Å². The fraction of sp³-hybridized carbons (Fsp3) is 0.696. The molecule has 1 N–H and O–H groups in total. The molecule has 57 heavy (non-hydrogen) atoms. The summed E-state index contributed by atoms with van der Waals surface area (Å²) in [5.74, 6) is -0.954. The van der Waals surface area contributed by atoms with Crippen LogP contribution in [-0.4, -0.2) is 81.2 Å². The van der Waals surface area contributed by atoms with Crippen molar-refractivity contribution in [2.75, 3.05) is 47.5 Å². The topological polar surface area (TPSA) is 131 Å². The van der Waals surface area contributed by atoms with Gasteiger partial charge in [0, 0.05) is 12.8 Å². The molecule has 0 rings (SSSR count). The van der Waals surface area contributed by atoms with Gasteiger partial charge in [-0.05, 0) is 70.6 Å². The number of ether oxygens (including phenoxy) is 2. The van der Waals surface area contributed by atoms with Gasteiger partial charge in [-0.1, -0.05) is 138 Å². The first-order chi connectivity index (χ1) is 27.4. The summed E-state index contributed by atoms with van der Waals surface area (Å²) in [7, 11) is 1.09. The molecule has 3 atom stereocenters. The van der Waals surface area contributed by atoms with E-state index in [4.69, 9.17) is 18.5 Å². The van der Waals surface area contributed by atoms with E-state index in [2.05, 4.69) is 44.2 Å². The molecule has 0 saturated heterocycles. The maximum absolute atomic E-state index is 12.7. The molecule has 0 bridgehead atoms. The Morgan fingerprint density at radius 1 is 0.667 bits per heavy atom. The molecule has 0 radical (unpaired) electrons. The molecule has 0 spiro atoms. The van der Waals surface area contributed by atoms with Crippen molar-refractivity contribution in [1.82, 2.24) is 0 Å². The molecule has 2 unspecified atom stereocenters. The number of unbranched alkanes of at least 4 members (excludes halogenated alkanes) is 12. The number of allylic oxidation sites excluding steroid dienone is 10. The minimum atomic E-state index is -4.65. The van der Waals surface area contributed by atoms with Crippen molar-refractivity contribution in [2.45, 2.75) is 161 Å². The summed E-state index contributed by atoms with van der Waals surface area (Å²) in [6.07, 6.45) is 42.5. The highest BCUT2D eigenvalue weighted by molar-refractivity contribution is 7.45. The number of esters is 2. The normalized spacial score (nSPS) is 14.9. The number of phosphoric acid groups is 1. The summed E-state index contributed by atoms with van der Waals surface area (Å²) in [5, 5.41) is 10.0. The fourth-order valence-corrected chi connectivity index (χ4v) is 6.08. The zero-order valence-corrected chi connectivity index (χ0v) is 37.3. The molecule has 0 aromatic heterocycles. The maximum Gasteiger partial charge on any atom is 0.306 e. The molecule has 0 aliphatic rings. The summed E-state index contributed by atoms with van der Waals surface area (Å²) in [6, 6.07) is 0. The van der Waals surface area contributed by atoms with Gasteiger partial charge >= 0.3 is 11.9 Å². The molecule has 0 fully saturated rings.